The van der Waals surface area contributed by atoms with Gasteiger partial charge in [0, 0.05) is 0 Å². The second-order valence-electron chi connectivity index (χ2n) is 2.38. The van der Waals surface area contributed by atoms with E-state index >= 15 is 0 Å². The van der Waals surface area contributed by atoms with Gasteiger partial charge in [-0.25, -0.2) is 9.78 Å². The van der Waals surface area contributed by atoms with Gasteiger partial charge in [-0.2, -0.15) is 14.9 Å². The van der Waals surface area contributed by atoms with Crippen molar-refractivity contribution in [3.63, 3.8) is 0 Å². The highest BCUT2D eigenvalue weighted by atomic mass is 16.8. The van der Waals surface area contributed by atoms with Crippen molar-refractivity contribution in [1.82, 2.24) is 19.9 Å². The molecule has 0 aliphatic rings. The molecule has 0 aliphatic carbocycles. The molecule has 0 amide bonds. The first-order valence-corrected chi connectivity index (χ1v) is 3.71. The van der Waals surface area contributed by atoms with E-state index in [-0.39, 0.29) is 0 Å². The smallest absolute Gasteiger partial charge is 0.436 e. The van der Waals surface area contributed by atoms with Gasteiger partial charge in [-0.15, -0.1) is 0 Å². The molecular weight excluding hydrogens is 188 g/mol. The number of hydrogen-bond donors (Lipinski definition) is 0. The highest BCUT2D eigenvalue weighted by molar-refractivity contribution is 5.73. The molecule has 7 heteroatoms. The zero-order valence-electron chi connectivity index (χ0n) is 7.25. The molecule has 2 aromatic heterocycles. The Hall–Kier alpha value is -2.18. The lowest BCUT2D eigenvalue weighted by molar-refractivity contribution is 0.0676. The van der Waals surface area contributed by atoms with Crippen molar-refractivity contribution in [1.29, 1.82) is 0 Å². The van der Waals surface area contributed by atoms with Crippen LogP contribution in [-0.4, -0.2) is 33.2 Å². The van der Waals surface area contributed by atoms with Crippen molar-refractivity contribution in [2.45, 2.75) is 0 Å². The monoisotopic (exact) mass is 194 g/mol. The van der Waals surface area contributed by atoms with Gasteiger partial charge in [-0.3, -0.25) is 4.84 Å². The van der Waals surface area contributed by atoms with Crippen molar-refractivity contribution in [3.05, 3.63) is 18.7 Å². The predicted molar refractivity (Wildman–Crippen MR) is 44.3 cm³/mol. The minimum Gasteiger partial charge on any atom is -0.436 e. The van der Waals surface area contributed by atoms with Crippen LogP contribution in [-0.2, 0) is 4.74 Å². The second kappa shape index (κ2) is 3.29. The zero-order valence-corrected chi connectivity index (χ0v) is 7.25. The highest BCUT2D eigenvalue weighted by Crippen LogP contribution is 2.06. The maximum atomic E-state index is 10.8. The average molecular weight is 194 g/mol. The van der Waals surface area contributed by atoms with Crippen LogP contribution in [0.15, 0.2) is 18.7 Å². The molecule has 0 N–H and O–H groups in total. The molecule has 0 bridgehead atoms. The van der Waals surface area contributed by atoms with Gasteiger partial charge in [0.05, 0.1) is 19.5 Å². The van der Waals surface area contributed by atoms with E-state index in [0.29, 0.717) is 11.0 Å². The molecule has 2 aromatic rings. The van der Waals surface area contributed by atoms with Crippen LogP contribution in [0.1, 0.15) is 0 Å². The topological polar surface area (TPSA) is 79.1 Å². The lowest BCUT2D eigenvalue weighted by atomic mass is 10.5. The maximum absolute atomic E-state index is 10.8. The average Bonchev–Trinajstić information content (AvgIpc) is 2.62. The fraction of sp³-hybridized carbons (Fsp3) is 0.143. The third-order valence-electron chi connectivity index (χ3n) is 1.57. The van der Waals surface area contributed by atoms with Crippen molar-refractivity contribution >= 4 is 17.2 Å². The van der Waals surface area contributed by atoms with Crippen LogP contribution < -0.4 is 4.84 Å². The molecule has 0 atom stereocenters. The number of hydrogen-bond acceptors (Lipinski definition) is 6. The van der Waals surface area contributed by atoms with Crippen molar-refractivity contribution < 1.29 is 14.4 Å². The Bertz CT molecular complexity index is 467. The molecular formula is C7H6N4O3. The largest absolute Gasteiger partial charge is 0.533 e. The van der Waals surface area contributed by atoms with Crippen LogP contribution in [0.2, 0.25) is 0 Å². The number of fused-ring (bicyclic) bond motifs is 1. The normalized spacial score (nSPS) is 10.1. The fourth-order valence-electron chi connectivity index (χ4n) is 0.945. The maximum Gasteiger partial charge on any atom is 0.533 e. The summed E-state index contributed by atoms with van der Waals surface area (Å²) in [6.45, 7) is 0. The highest BCUT2D eigenvalue weighted by Gasteiger charge is 2.07. The number of ether oxygens (including phenoxy) is 1. The summed E-state index contributed by atoms with van der Waals surface area (Å²) in [4.78, 5) is 19.5. The van der Waals surface area contributed by atoms with E-state index in [1.54, 1.807) is 0 Å². The van der Waals surface area contributed by atoms with E-state index in [1.165, 1.54) is 25.8 Å². The van der Waals surface area contributed by atoms with Gasteiger partial charge in [0.25, 0.3) is 0 Å². The van der Waals surface area contributed by atoms with Crippen LogP contribution in [0, 0.1) is 0 Å². The minimum absolute atomic E-state index is 0.547. The standard InChI is InChI=1S/C7H6N4O3/c1-13-7(12)14-11-4-8-5-2-9-10-3-6(5)11/h2-4H,1H3. The quantitative estimate of drug-likeness (QED) is 0.595. The molecule has 0 aromatic carbocycles. The summed E-state index contributed by atoms with van der Waals surface area (Å²) < 4.78 is 5.49. The first kappa shape index (κ1) is 8.42. The van der Waals surface area contributed by atoms with E-state index < -0.39 is 6.16 Å². The van der Waals surface area contributed by atoms with Gasteiger partial charge in [-0.1, -0.05) is 0 Å². The molecule has 2 heterocycles. The summed E-state index contributed by atoms with van der Waals surface area (Å²) in [5.74, 6) is 0. The summed E-state index contributed by atoms with van der Waals surface area (Å²) in [5.41, 5.74) is 1.13. The Kier molecular flexibility index (Phi) is 1.98. The molecule has 72 valence electrons. The summed E-state index contributed by atoms with van der Waals surface area (Å²) in [6, 6.07) is 0. The molecule has 7 nitrogen and oxygen atoms in total. The molecule has 2 rings (SSSR count). The molecule has 0 spiro atoms. The SMILES string of the molecule is COC(=O)On1cnc2cnncc21. The predicted octanol–water partition coefficient (Wildman–Crippen LogP) is 0.0213. The van der Waals surface area contributed by atoms with Crippen LogP contribution in [0.3, 0.4) is 0 Å². The number of carbonyl (C=O) groups excluding carboxylic acids is 1. The minimum atomic E-state index is -0.818. The van der Waals surface area contributed by atoms with E-state index in [1.807, 2.05) is 0 Å². The lowest BCUT2D eigenvalue weighted by Gasteiger charge is -2.01. The van der Waals surface area contributed by atoms with Crippen molar-refractivity contribution in [3.8, 4) is 0 Å². The first-order chi connectivity index (χ1) is 6.81. The molecule has 0 saturated carbocycles. The number of imidazole rings is 1. The lowest BCUT2D eigenvalue weighted by Crippen LogP contribution is -2.18. The van der Waals surface area contributed by atoms with Gasteiger partial charge in [0.15, 0.2) is 0 Å². The molecule has 0 radical (unpaired) electrons. The molecule has 0 fully saturated rings. The Morgan fingerprint density at radius 1 is 1.43 bits per heavy atom. The van der Waals surface area contributed by atoms with Gasteiger partial charge >= 0.3 is 6.16 Å². The van der Waals surface area contributed by atoms with Crippen LogP contribution in [0.5, 0.6) is 0 Å². The van der Waals surface area contributed by atoms with Gasteiger partial charge in [0.2, 0.25) is 0 Å². The summed E-state index contributed by atoms with van der Waals surface area (Å²) >= 11 is 0. The molecule has 0 aliphatic heterocycles. The third-order valence-corrected chi connectivity index (χ3v) is 1.57. The van der Waals surface area contributed by atoms with Crippen LogP contribution in [0.4, 0.5) is 4.79 Å². The van der Waals surface area contributed by atoms with E-state index in [2.05, 4.69) is 19.9 Å². The van der Waals surface area contributed by atoms with Gasteiger partial charge in [-0.05, 0) is 0 Å². The van der Waals surface area contributed by atoms with Crippen molar-refractivity contribution in [2.75, 3.05) is 7.11 Å². The van der Waals surface area contributed by atoms with E-state index in [4.69, 9.17) is 4.84 Å². The Labute approximate surface area is 78.2 Å². The zero-order chi connectivity index (χ0) is 9.97. The Morgan fingerprint density at radius 2 is 2.21 bits per heavy atom. The van der Waals surface area contributed by atoms with Crippen LogP contribution >= 0.6 is 0 Å². The summed E-state index contributed by atoms with van der Waals surface area (Å²) in [5, 5.41) is 7.26. The van der Waals surface area contributed by atoms with Gasteiger partial charge < -0.3 is 4.74 Å². The number of methoxy groups -OCH3 is 1. The van der Waals surface area contributed by atoms with Crippen molar-refractivity contribution in [2.24, 2.45) is 0 Å². The molecule has 0 unspecified atom stereocenters. The summed E-state index contributed by atoms with van der Waals surface area (Å²) in [6.07, 6.45) is 3.42. The molecule has 14 heavy (non-hydrogen) atoms. The fourth-order valence-corrected chi connectivity index (χ4v) is 0.945. The van der Waals surface area contributed by atoms with E-state index in [9.17, 15) is 4.79 Å². The molecule has 0 saturated heterocycles. The number of nitrogens with zero attached hydrogens (tertiary/aromatic N) is 4. The summed E-state index contributed by atoms with van der Waals surface area (Å²) in [7, 11) is 1.22. The number of carbonyl (C=O) groups is 1. The van der Waals surface area contributed by atoms with Gasteiger partial charge in [0.1, 0.15) is 17.4 Å². The second-order valence-corrected chi connectivity index (χ2v) is 2.38. The Morgan fingerprint density at radius 3 is 3.00 bits per heavy atom. The van der Waals surface area contributed by atoms with Crippen LogP contribution in [0.25, 0.3) is 11.0 Å². The number of rotatable bonds is 1. The third kappa shape index (κ3) is 1.35. The number of aromatic nitrogens is 4. The Balaban J connectivity index is 2.38. The first-order valence-electron chi connectivity index (χ1n) is 3.71. The van der Waals surface area contributed by atoms with E-state index in [0.717, 1.165) is 4.73 Å².